The number of carbonyl (C=O) groups is 6. The molecule has 13 nitrogen and oxygen atoms in total. The largest absolute Gasteiger partial charge is 0.391 e. The third-order valence-electron chi connectivity index (χ3n) is 7.72. The smallest absolute Gasteiger partial charge is 0.248 e. The van der Waals surface area contributed by atoms with Crippen LogP contribution in [0.4, 0.5) is 0 Å². The van der Waals surface area contributed by atoms with Gasteiger partial charge in [0.2, 0.25) is 29.5 Å². The van der Waals surface area contributed by atoms with Gasteiger partial charge in [0.15, 0.2) is 0 Å². The average Bonchev–Trinajstić information content (AvgIpc) is 3.59. The second kappa shape index (κ2) is 15.2. The highest BCUT2D eigenvalue weighted by Crippen LogP contribution is 2.25. The zero-order valence-corrected chi connectivity index (χ0v) is 25.1. The van der Waals surface area contributed by atoms with Crippen LogP contribution < -0.4 is 21.7 Å². The van der Waals surface area contributed by atoms with Crippen LogP contribution in [0.3, 0.4) is 0 Å². The molecular weight excluding hydrogens is 532 g/mol. The van der Waals surface area contributed by atoms with Crippen molar-refractivity contribution in [2.75, 3.05) is 13.1 Å². The van der Waals surface area contributed by atoms with E-state index in [1.165, 1.54) is 23.6 Å². The summed E-state index contributed by atoms with van der Waals surface area (Å²) >= 11 is 0. The number of amides is 5. The van der Waals surface area contributed by atoms with Crippen molar-refractivity contribution in [2.24, 2.45) is 17.6 Å². The second-order valence-corrected chi connectivity index (χ2v) is 12.0. The number of aliphatic hydroxyl groups excluding tert-OH is 1. The Bertz CT molecular complexity index is 972. The minimum absolute atomic E-state index is 0.0159. The van der Waals surface area contributed by atoms with Crippen LogP contribution in [0.25, 0.3) is 0 Å². The zero-order chi connectivity index (χ0) is 31.0. The average molecular weight is 581 g/mol. The number of carbonyl (C=O) groups excluding carboxylic acids is 6. The van der Waals surface area contributed by atoms with Gasteiger partial charge in [0.25, 0.3) is 0 Å². The Morgan fingerprint density at radius 1 is 0.878 bits per heavy atom. The van der Waals surface area contributed by atoms with E-state index in [-0.39, 0.29) is 30.7 Å². The van der Waals surface area contributed by atoms with Crippen LogP contribution >= 0.6 is 0 Å². The van der Waals surface area contributed by atoms with E-state index in [4.69, 9.17) is 5.73 Å². The third kappa shape index (κ3) is 8.96. The summed E-state index contributed by atoms with van der Waals surface area (Å²) < 4.78 is 0. The molecule has 41 heavy (non-hydrogen) atoms. The van der Waals surface area contributed by atoms with Crippen molar-refractivity contribution < 1.29 is 33.9 Å². The van der Waals surface area contributed by atoms with E-state index in [2.05, 4.69) is 16.0 Å². The number of likely N-dealkylation sites (tertiary alicyclic amines) is 2. The maximum absolute atomic E-state index is 13.6. The van der Waals surface area contributed by atoms with Crippen molar-refractivity contribution in [1.82, 2.24) is 25.8 Å². The maximum Gasteiger partial charge on any atom is 0.248 e. The van der Waals surface area contributed by atoms with Gasteiger partial charge in [-0.25, -0.2) is 0 Å². The lowest BCUT2D eigenvalue weighted by Crippen LogP contribution is -2.61. The van der Waals surface area contributed by atoms with Gasteiger partial charge in [0.1, 0.15) is 30.5 Å². The topological polar surface area (TPSA) is 191 Å². The molecule has 13 heteroatoms. The van der Waals surface area contributed by atoms with E-state index in [1.807, 2.05) is 13.8 Å². The predicted molar refractivity (Wildman–Crippen MR) is 151 cm³/mol. The number of nitrogens with one attached hydrogen (secondary N) is 3. The molecule has 2 aliphatic heterocycles. The fourth-order valence-electron chi connectivity index (χ4n) is 5.18. The summed E-state index contributed by atoms with van der Waals surface area (Å²) in [5, 5.41) is 18.3. The number of rotatable bonds is 13. The van der Waals surface area contributed by atoms with Crippen molar-refractivity contribution in [3.8, 4) is 0 Å². The molecule has 0 radical (unpaired) electrons. The highest BCUT2D eigenvalue weighted by Gasteiger charge is 2.43. The van der Waals surface area contributed by atoms with Crippen molar-refractivity contribution in [2.45, 2.75) is 116 Å². The molecule has 0 saturated carbocycles. The van der Waals surface area contributed by atoms with Gasteiger partial charge in [-0.05, 0) is 57.8 Å². The monoisotopic (exact) mass is 580 g/mol. The maximum atomic E-state index is 13.6. The number of nitrogens with zero attached hydrogens (tertiary/aromatic N) is 2. The number of hydrogen-bond donors (Lipinski definition) is 5. The molecule has 0 aliphatic carbocycles. The molecule has 0 bridgehead atoms. The molecule has 2 saturated heterocycles. The first-order valence-electron chi connectivity index (χ1n) is 14.6. The van der Waals surface area contributed by atoms with Crippen LogP contribution in [0.15, 0.2) is 0 Å². The van der Waals surface area contributed by atoms with Crippen molar-refractivity contribution in [3.63, 3.8) is 0 Å². The third-order valence-corrected chi connectivity index (χ3v) is 7.72. The predicted octanol–water partition coefficient (Wildman–Crippen LogP) is -0.948. The normalized spacial score (nSPS) is 22.6. The first kappa shape index (κ1) is 34.1. The fourth-order valence-corrected chi connectivity index (χ4v) is 5.18. The first-order chi connectivity index (χ1) is 19.2. The van der Waals surface area contributed by atoms with E-state index >= 15 is 0 Å². The van der Waals surface area contributed by atoms with Crippen LogP contribution in [-0.2, 0) is 28.8 Å². The first-order valence-corrected chi connectivity index (χ1v) is 14.6. The van der Waals surface area contributed by atoms with Crippen molar-refractivity contribution in [1.29, 1.82) is 0 Å². The summed E-state index contributed by atoms with van der Waals surface area (Å²) in [5.41, 5.74) is 5.86. The molecule has 2 aliphatic rings. The molecule has 0 spiro atoms. The Hall–Kier alpha value is -3.06. The molecule has 2 rings (SSSR count). The Morgan fingerprint density at radius 3 is 2.05 bits per heavy atom. The van der Waals surface area contributed by atoms with Gasteiger partial charge < -0.3 is 41.4 Å². The van der Waals surface area contributed by atoms with Gasteiger partial charge in [0, 0.05) is 13.1 Å². The summed E-state index contributed by atoms with van der Waals surface area (Å²) in [7, 11) is 0. The standard InChI is InChI=1S/C28H48N6O7/c1-15(2)13-20(31-24(37)17(5)30-26(39)22(29)16(3)4)25(38)32-23(18(6)36)28(41)34-12-8-10-21(34)27(40)33-11-7-9-19(33)14-35/h14-23,36H,7-13,29H2,1-6H3,(H,30,39)(H,31,37)(H,32,38)/t17-,18+,19-,20-,21-,22-,23-/m0/s1. The van der Waals surface area contributed by atoms with E-state index in [0.29, 0.717) is 32.2 Å². The molecule has 5 amide bonds. The van der Waals surface area contributed by atoms with E-state index in [9.17, 15) is 33.9 Å². The van der Waals surface area contributed by atoms with Gasteiger partial charge in [0.05, 0.1) is 18.2 Å². The Kier molecular flexibility index (Phi) is 12.7. The zero-order valence-electron chi connectivity index (χ0n) is 25.1. The number of hydrogen-bond acceptors (Lipinski definition) is 8. The highest BCUT2D eigenvalue weighted by atomic mass is 16.3. The molecule has 0 aromatic heterocycles. The molecule has 232 valence electrons. The van der Waals surface area contributed by atoms with Crippen LogP contribution in [-0.4, -0.2) is 106 Å². The molecular formula is C28H48N6O7. The quantitative estimate of drug-likeness (QED) is 0.172. The van der Waals surface area contributed by atoms with Gasteiger partial charge in [-0.3, -0.25) is 24.0 Å². The van der Waals surface area contributed by atoms with E-state index in [1.54, 1.807) is 13.8 Å². The Labute approximate surface area is 242 Å². The lowest BCUT2D eigenvalue weighted by Gasteiger charge is -2.33. The summed E-state index contributed by atoms with van der Waals surface area (Å²) in [5.74, 6) is -2.83. The summed E-state index contributed by atoms with van der Waals surface area (Å²) in [4.78, 5) is 79.7. The van der Waals surface area contributed by atoms with Gasteiger partial charge in [-0.1, -0.05) is 27.7 Å². The minimum Gasteiger partial charge on any atom is -0.391 e. The van der Waals surface area contributed by atoms with Crippen molar-refractivity contribution >= 4 is 35.8 Å². The van der Waals surface area contributed by atoms with Gasteiger partial charge in [-0.2, -0.15) is 0 Å². The Morgan fingerprint density at radius 2 is 1.49 bits per heavy atom. The van der Waals surface area contributed by atoms with Crippen LogP contribution in [0, 0.1) is 11.8 Å². The molecule has 0 aromatic rings. The van der Waals surface area contributed by atoms with E-state index < -0.39 is 66.0 Å². The Balaban J connectivity index is 2.14. The molecule has 2 heterocycles. The summed E-state index contributed by atoms with van der Waals surface area (Å²) in [6, 6.07) is -5.47. The van der Waals surface area contributed by atoms with E-state index in [0.717, 1.165) is 6.29 Å². The number of aliphatic hydroxyl groups is 1. The number of aldehydes is 1. The van der Waals surface area contributed by atoms with Crippen LogP contribution in [0.1, 0.15) is 73.6 Å². The SMILES string of the molecule is CC(C)C[C@H](NC(=O)[C@H](C)NC(=O)[C@@H](N)C(C)C)C(=O)N[C@H](C(=O)N1CCC[C@H]1C(=O)N1CCC[C@H]1C=O)[C@@H](C)O. The molecule has 0 aromatic carbocycles. The lowest BCUT2D eigenvalue weighted by molar-refractivity contribution is -0.148. The minimum atomic E-state index is -1.36. The lowest BCUT2D eigenvalue weighted by atomic mass is 10.0. The van der Waals surface area contributed by atoms with Gasteiger partial charge >= 0.3 is 0 Å². The summed E-state index contributed by atoms with van der Waals surface area (Å²) in [6.45, 7) is 10.9. The second-order valence-electron chi connectivity index (χ2n) is 12.0. The van der Waals surface area contributed by atoms with Gasteiger partial charge in [-0.15, -0.1) is 0 Å². The van der Waals surface area contributed by atoms with Crippen LogP contribution in [0.2, 0.25) is 0 Å². The molecule has 7 atom stereocenters. The van der Waals surface area contributed by atoms with Crippen LogP contribution in [0.5, 0.6) is 0 Å². The molecule has 0 unspecified atom stereocenters. The summed E-state index contributed by atoms with van der Waals surface area (Å²) in [6.07, 6.45) is 1.97. The fraction of sp³-hybridized carbons (Fsp3) is 0.786. The molecule has 6 N–H and O–H groups in total. The van der Waals surface area contributed by atoms with Crippen molar-refractivity contribution in [3.05, 3.63) is 0 Å². The highest BCUT2D eigenvalue weighted by molar-refractivity contribution is 5.96. The number of nitrogens with two attached hydrogens (primary N) is 1. The molecule has 2 fully saturated rings.